The van der Waals surface area contributed by atoms with E-state index in [1.54, 1.807) is 11.3 Å². The van der Waals surface area contributed by atoms with Crippen LogP contribution in [0.3, 0.4) is 0 Å². The molecular formula is C15H14N2S. The number of nitrogens with zero attached hydrogens (tertiary/aromatic N) is 1. The minimum Gasteiger partial charge on any atom is -0.326 e. The van der Waals surface area contributed by atoms with Crippen molar-refractivity contribution in [3.63, 3.8) is 0 Å². The summed E-state index contributed by atoms with van der Waals surface area (Å²) in [6.45, 7) is 2.70. The van der Waals surface area contributed by atoms with Gasteiger partial charge in [-0.3, -0.25) is 4.98 Å². The van der Waals surface area contributed by atoms with Gasteiger partial charge in [0.2, 0.25) is 0 Å². The van der Waals surface area contributed by atoms with E-state index >= 15 is 0 Å². The lowest BCUT2D eigenvalue weighted by molar-refractivity contribution is 1.06. The molecule has 0 atom stereocenters. The Morgan fingerprint density at radius 1 is 1.22 bits per heavy atom. The molecule has 1 aromatic carbocycles. The molecule has 0 radical (unpaired) electrons. The quantitative estimate of drug-likeness (QED) is 0.756. The van der Waals surface area contributed by atoms with Crippen molar-refractivity contribution >= 4 is 21.4 Å². The molecule has 2 N–H and O–H groups in total. The van der Waals surface area contributed by atoms with Crippen molar-refractivity contribution in [2.45, 2.75) is 13.5 Å². The number of hydrogen-bond acceptors (Lipinski definition) is 3. The van der Waals surface area contributed by atoms with Crippen LogP contribution in [-0.2, 0) is 6.54 Å². The first kappa shape index (κ1) is 11.4. The molecule has 0 unspecified atom stereocenters. The van der Waals surface area contributed by atoms with Crippen LogP contribution < -0.4 is 5.73 Å². The van der Waals surface area contributed by atoms with E-state index < -0.39 is 0 Å². The van der Waals surface area contributed by atoms with Gasteiger partial charge in [-0.2, -0.15) is 0 Å². The van der Waals surface area contributed by atoms with Gasteiger partial charge < -0.3 is 5.73 Å². The van der Waals surface area contributed by atoms with Crippen LogP contribution in [0.15, 0.2) is 42.6 Å². The van der Waals surface area contributed by atoms with Gasteiger partial charge in [-0.1, -0.05) is 12.1 Å². The van der Waals surface area contributed by atoms with Gasteiger partial charge >= 0.3 is 0 Å². The molecule has 3 aromatic rings. The van der Waals surface area contributed by atoms with E-state index in [4.69, 9.17) is 5.73 Å². The maximum absolute atomic E-state index is 5.67. The first-order chi connectivity index (χ1) is 8.78. The van der Waals surface area contributed by atoms with Crippen LogP contribution >= 0.6 is 11.3 Å². The molecule has 2 aromatic heterocycles. The van der Waals surface area contributed by atoms with Crippen molar-refractivity contribution in [2.75, 3.05) is 0 Å². The number of nitrogens with two attached hydrogens (primary N) is 1. The highest BCUT2D eigenvalue weighted by atomic mass is 32.1. The van der Waals surface area contributed by atoms with Gasteiger partial charge in [0.15, 0.2) is 0 Å². The topological polar surface area (TPSA) is 38.9 Å². The predicted octanol–water partition coefficient (Wildman–Crippen LogP) is 3.73. The number of benzene rings is 1. The van der Waals surface area contributed by atoms with E-state index in [0.29, 0.717) is 6.54 Å². The Hall–Kier alpha value is -1.71. The van der Waals surface area contributed by atoms with E-state index in [1.165, 1.54) is 20.5 Å². The Bertz CT molecular complexity index is 701. The Balaban J connectivity index is 2.16. The van der Waals surface area contributed by atoms with Crippen molar-refractivity contribution in [2.24, 2.45) is 5.73 Å². The van der Waals surface area contributed by atoms with Gasteiger partial charge in [0, 0.05) is 17.4 Å². The van der Waals surface area contributed by atoms with Gasteiger partial charge in [0.1, 0.15) is 0 Å². The summed E-state index contributed by atoms with van der Waals surface area (Å²) in [4.78, 5) is 5.64. The number of aryl methyl sites for hydroxylation is 1. The first-order valence-electron chi connectivity index (χ1n) is 5.92. The number of rotatable bonds is 2. The van der Waals surface area contributed by atoms with Crippen molar-refractivity contribution in [1.82, 2.24) is 4.98 Å². The maximum Gasteiger partial charge on any atom is 0.0805 e. The number of hydrogen-bond donors (Lipinski definition) is 1. The molecule has 18 heavy (non-hydrogen) atoms. The highest BCUT2D eigenvalue weighted by Crippen LogP contribution is 2.34. The van der Waals surface area contributed by atoms with Crippen LogP contribution in [0.1, 0.15) is 11.1 Å². The van der Waals surface area contributed by atoms with Crippen LogP contribution in [0.5, 0.6) is 0 Å². The van der Waals surface area contributed by atoms with Crippen LogP contribution in [-0.4, -0.2) is 4.98 Å². The number of fused-ring (bicyclic) bond motifs is 1. The van der Waals surface area contributed by atoms with Crippen LogP contribution in [0.2, 0.25) is 0 Å². The third-order valence-electron chi connectivity index (χ3n) is 3.09. The average Bonchev–Trinajstić information content (AvgIpc) is 2.84. The third-order valence-corrected chi connectivity index (χ3v) is 4.21. The van der Waals surface area contributed by atoms with Gasteiger partial charge in [0.25, 0.3) is 0 Å². The number of pyridine rings is 1. The molecule has 0 aliphatic rings. The molecule has 0 fully saturated rings. The molecular weight excluding hydrogens is 240 g/mol. The summed E-state index contributed by atoms with van der Waals surface area (Å²) in [5.41, 5.74) is 9.11. The standard InChI is InChI=1S/C15H14N2S/c1-10-3-2-4-14-12(10)8-15(18-14)13-7-11(9-16)5-6-17-13/h2-8H,9,16H2,1H3. The SMILES string of the molecule is Cc1cccc2sc(-c3cc(CN)ccn3)cc12. The third kappa shape index (κ3) is 1.92. The minimum absolute atomic E-state index is 0.555. The van der Waals surface area contributed by atoms with E-state index in [9.17, 15) is 0 Å². The fourth-order valence-corrected chi connectivity index (χ4v) is 3.18. The summed E-state index contributed by atoms with van der Waals surface area (Å²) >= 11 is 1.78. The van der Waals surface area contributed by atoms with Crippen LogP contribution in [0.25, 0.3) is 20.7 Å². The zero-order valence-corrected chi connectivity index (χ0v) is 11.0. The lowest BCUT2D eigenvalue weighted by atomic mass is 10.1. The van der Waals surface area contributed by atoms with Gasteiger partial charge in [-0.25, -0.2) is 0 Å². The second kappa shape index (κ2) is 4.52. The molecule has 2 heterocycles. The largest absolute Gasteiger partial charge is 0.326 e. The molecule has 2 nitrogen and oxygen atoms in total. The van der Waals surface area contributed by atoms with E-state index in [-0.39, 0.29) is 0 Å². The Kier molecular flexibility index (Phi) is 2.86. The molecule has 0 aliphatic carbocycles. The second-order valence-electron chi connectivity index (χ2n) is 4.35. The molecule has 0 saturated heterocycles. The van der Waals surface area contributed by atoms with Gasteiger partial charge in [0.05, 0.1) is 10.6 Å². The van der Waals surface area contributed by atoms with Gasteiger partial charge in [-0.05, 0) is 47.7 Å². The molecule has 0 spiro atoms. The fraction of sp³-hybridized carbons (Fsp3) is 0.133. The normalized spacial score (nSPS) is 11.0. The number of aromatic nitrogens is 1. The van der Waals surface area contributed by atoms with Crippen molar-refractivity contribution < 1.29 is 0 Å². The molecule has 0 bridgehead atoms. The summed E-state index contributed by atoms with van der Waals surface area (Å²) in [6, 6.07) is 12.6. The summed E-state index contributed by atoms with van der Waals surface area (Å²) in [5, 5.41) is 1.32. The maximum atomic E-state index is 5.67. The molecule has 0 amide bonds. The molecule has 3 rings (SSSR count). The Morgan fingerprint density at radius 2 is 2.11 bits per heavy atom. The lowest BCUT2D eigenvalue weighted by Gasteiger charge is -1.99. The second-order valence-corrected chi connectivity index (χ2v) is 5.43. The molecule has 0 aliphatic heterocycles. The highest BCUT2D eigenvalue weighted by Gasteiger charge is 2.07. The first-order valence-corrected chi connectivity index (χ1v) is 6.74. The Morgan fingerprint density at radius 3 is 2.89 bits per heavy atom. The lowest BCUT2D eigenvalue weighted by Crippen LogP contribution is -1.96. The zero-order chi connectivity index (χ0) is 12.5. The summed E-state index contributed by atoms with van der Waals surface area (Å²) in [7, 11) is 0. The highest BCUT2D eigenvalue weighted by molar-refractivity contribution is 7.22. The van der Waals surface area contributed by atoms with Crippen molar-refractivity contribution in [1.29, 1.82) is 0 Å². The summed E-state index contributed by atoms with van der Waals surface area (Å²) in [5.74, 6) is 0. The molecule has 3 heteroatoms. The van der Waals surface area contributed by atoms with E-state index in [0.717, 1.165) is 11.3 Å². The summed E-state index contributed by atoms with van der Waals surface area (Å²) in [6.07, 6.45) is 1.83. The van der Waals surface area contributed by atoms with Crippen LogP contribution in [0.4, 0.5) is 0 Å². The minimum atomic E-state index is 0.555. The van der Waals surface area contributed by atoms with E-state index in [1.807, 2.05) is 12.3 Å². The molecule has 0 saturated carbocycles. The smallest absolute Gasteiger partial charge is 0.0805 e. The molecule has 90 valence electrons. The number of thiophene rings is 1. The average molecular weight is 254 g/mol. The zero-order valence-electron chi connectivity index (χ0n) is 10.2. The van der Waals surface area contributed by atoms with Crippen LogP contribution in [0, 0.1) is 6.92 Å². The monoisotopic (exact) mass is 254 g/mol. The van der Waals surface area contributed by atoms with Crippen molar-refractivity contribution in [3.8, 4) is 10.6 Å². The van der Waals surface area contributed by atoms with Gasteiger partial charge in [-0.15, -0.1) is 11.3 Å². The predicted molar refractivity (Wildman–Crippen MR) is 77.7 cm³/mol. The van der Waals surface area contributed by atoms with E-state index in [2.05, 4.69) is 42.2 Å². The fourth-order valence-electron chi connectivity index (χ4n) is 2.07. The summed E-state index contributed by atoms with van der Waals surface area (Å²) < 4.78 is 1.31. The Labute approximate surface area is 110 Å². The van der Waals surface area contributed by atoms with Crippen molar-refractivity contribution in [3.05, 3.63) is 53.7 Å².